The summed E-state index contributed by atoms with van der Waals surface area (Å²) < 4.78 is 10.8. The molecule has 0 aromatic heterocycles. The van der Waals surface area contributed by atoms with Crippen LogP contribution in [0, 0.1) is 0 Å². The number of anilines is 3. The number of carbonyl (C=O) groups excluding carboxylic acids is 2. The van der Waals surface area contributed by atoms with E-state index in [-0.39, 0.29) is 11.8 Å². The Labute approximate surface area is 170 Å². The SMILES string of the molecule is O=C(Nc1ccccc1N1CCOCC1)c1cccc(NC(=O)C2CCCO2)c1. The highest BCUT2D eigenvalue weighted by Gasteiger charge is 2.23. The predicted octanol–water partition coefficient (Wildman–Crippen LogP) is 2.89. The molecule has 7 heteroatoms. The molecule has 2 fully saturated rings. The van der Waals surface area contributed by atoms with Crippen molar-refractivity contribution in [1.29, 1.82) is 0 Å². The molecule has 4 rings (SSSR count). The van der Waals surface area contributed by atoms with Crippen LogP contribution in [0.15, 0.2) is 48.5 Å². The number of carbonyl (C=O) groups is 2. The average Bonchev–Trinajstić information content (AvgIpc) is 3.30. The number of amides is 2. The van der Waals surface area contributed by atoms with Gasteiger partial charge in [0.15, 0.2) is 0 Å². The first-order valence-electron chi connectivity index (χ1n) is 9.96. The van der Waals surface area contributed by atoms with Crippen molar-refractivity contribution in [1.82, 2.24) is 0 Å². The fourth-order valence-corrected chi connectivity index (χ4v) is 3.60. The first-order valence-corrected chi connectivity index (χ1v) is 9.96. The van der Waals surface area contributed by atoms with Crippen LogP contribution in [0.1, 0.15) is 23.2 Å². The van der Waals surface area contributed by atoms with Gasteiger partial charge in [-0.25, -0.2) is 0 Å². The van der Waals surface area contributed by atoms with Crippen molar-refractivity contribution in [3.63, 3.8) is 0 Å². The van der Waals surface area contributed by atoms with E-state index < -0.39 is 6.10 Å². The van der Waals surface area contributed by atoms with Crippen molar-refractivity contribution >= 4 is 28.9 Å². The Morgan fingerprint density at radius 2 is 1.79 bits per heavy atom. The summed E-state index contributed by atoms with van der Waals surface area (Å²) in [6.07, 6.45) is 1.21. The second-order valence-corrected chi connectivity index (χ2v) is 7.14. The maximum Gasteiger partial charge on any atom is 0.255 e. The molecule has 1 unspecified atom stereocenters. The van der Waals surface area contributed by atoms with E-state index in [1.54, 1.807) is 24.3 Å². The van der Waals surface area contributed by atoms with E-state index >= 15 is 0 Å². The van der Waals surface area contributed by atoms with Gasteiger partial charge in [-0.05, 0) is 43.2 Å². The highest BCUT2D eigenvalue weighted by molar-refractivity contribution is 6.07. The largest absolute Gasteiger partial charge is 0.378 e. The van der Waals surface area contributed by atoms with Gasteiger partial charge in [0.1, 0.15) is 6.10 Å². The van der Waals surface area contributed by atoms with Crippen LogP contribution in [0.2, 0.25) is 0 Å². The Morgan fingerprint density at radius 1 is 0.966 bits per heavy atom. The second kappa shape index (κ2) is 9.07. The molecule has 29 heavy (non-hydrogen) atoms. The number of ether oxygens (including phenoxy) is 2. The lowest BCUT2D eigenvalue weighted by atomic mass is 10.1. The van der Waals surface area contributed by atoms with Gasteiger partial charge in [0.2, 0.25) is 0 Å². The molecular weight excluding hydrogens is 370 g/mol. The summed E-state index contributed by atoms with van der Waals surface area (Å²) in [6, 6.07) is 14.7. The lowest BCUT2D eigenvalue weighted by Gasteiger charge is -2.30. The van der Waals surface area contributed by atoms with Crippen molar-refractivity contribution in [3.8, 4) is 0 Å². The molecule has 7 nitrogen and oxygen atoms in total. The molecule has 0 aliphatic carbocycles. The smallest absolute Gasteiger partial charge is 0.255 e. The molecule has 2 N–H and O–H groups in total. The second-order valence-electron chi connectivity index (χ2n) is 7.14. The quantitative estimate of drug-likeness (QED) is 0.814. The van der Waals surface area contributed by atoms with Crippen LogP contribution in [-0.2, 0) is 14.3 Å². The fraction of sp³-hybridized carbons (Fsp3) is 0.364. The van der Waals surface area contributed by atoms with E-state index in [0.717, 1.165) is 37.3 Å². The molecule has 152 valence electrons. The van der Waals surface area contributed by atoms with E-state index in [0.29, 0.717) is 31.1 Å². The van der Waals surface area contributed by atoms with Gasteiger partial charge >= 0.3 is 0 Å². The number of rotatable bonds is 5. The number of morpholine rings is 1. The van der Waals surface area contributed by atoms with Gasteiger partial charge in [-0.3, -0.25) is 9.59 Å². The first kappa shape index (κ1) is 19.4. The standard InChI is InChI=1S/C22H25N3O4/c26-21(24-18-7-1-2-8-19(18)25-10-13-28-14-11-25)16-5-3-6-17(15-16)23-22(27)20-9-4-12-29-20/h1-3,5-8,15,20H,4,9-14H2,(H,23,27)(H,24,26). The van der Waals surface area contributed by atoms with Gasteiger partial charge in [-0.1, -0.05) is 18.2 Å². The van der Waals surface area contributed by atoms with E-state index in [4.69, 9.17) is 9.47 Å². The minimum Gasteiger partial charge on any atom is -0.378 e. The van der Waals surface area contributed by atoms with Crippen LogP contribution in [0.5, 0.6) is 0 Å². The molecule has 2 saturated heterocycles. The van der Waals surface area contributed by atoms with E-state index in [2.05, 4.69) is 15.5 Å². The monoisotopic (exact) mass is 395 g/mol. The van der Waals surface area contributed by atoms with Crippen molar-refractivity contribution in [2.45, 2.75) is 18.9 Å². The highest BCUT2D eigenvalue weighted by atomic mass is 16.5. The lowest BCUT2D eigenvalue weighted by Crippen LogP contribution is -2.36. The number of benzene rings is 2. The molecule has 2 amide bonds. The van der Waals surface area contributed by atoms with Crippen LogP contribution in [0.4, 0.5) is 17.1 Å². The van der Waals surface area contributed by atoms with Gasteiger partial charge in [0.05, 0.1) is 24.6 Å². The maximum atomic E-state index is 12.9. The van der Waals surface area contributed by atoms with Gasteiger partial charge < -0.3 is 25.0 Å². The van der Waals surface area contributed by atoms with Crippen LogP contribution in [-0.4, -0.2) is 50.8 Å². The molecular formula is C22H25N3O4. The Hall–Kier alpha value is -2.90. The Morgan fingerprint density at radius 3 is 2.59 bits per heavy atom. The van der Waals surface area contributed by atoms with Gasteiger partial charge in [0.25, 0.3) is 11.8 Å². The summed E-state index contributed by atoms with van der Waals surface area (Å²) >= 11 is 0. The minimum absolute atomic E-state index is 0.169. The first-order chi connectivity index (χ1) is 14.2. The summed E-state index contributed by atoms with van der Waals surface area (Å²) in [5.41, 5.74) is 2.80. The minimum atomic E-state index is -0.409. The molecule has 2 aliphatic heterocycles. The molecule has 0 saturated carbocycles. The molecule has 1 atom stereocenters. The van der Waals surface area contributed by atoms with Crippen molar-refractivity contribution < 1.29 is 19.1 Å². The molecule has 2 aliphatic rings. The molecule has 0 bridgehead atoms. The van der Waals surface area contributed by atoms with E-state index in [1.807, 2.05) is 24.3 Å². The van der Waals surface area contributed by atoms with Crippen LogP contribution in [0.3, 0.4) is 0 Å². The van der Waals surface area contributed by atoms with Crippen LogP contribution in [0.25, 0.3) is 0 Å². The number of nitrogens with zero attached hydrogens (tertiary/aromatic N) is 1. The molecule has 2 heterocycles. The average molecular weight is 395 g/mol. The van der Waals surface area contributed by atoms with E-state index in [1.165, 1.54) is 0 Å². The Bertz CT molecular complexity index is 874. The number of nitrogens with one attached hydrogen (secondary N) is 2. The summed E-state index contributed by atoms with van der Waals surface area (Å²) in [4.78, 5) is 27.3. The zero-order valence-electron chi connectivity index (χ0n) is 16.2. The molecule has 2 aromatic carbocycles. The number of hydrogen-bond donors (Lipinski definition) is 2. The third-order valence-corrected chi connectivity index (χ3v) is 5.12. The zero-order chi connectivity index (χ0) is 20.1. The van der Waals surface area contributed by atoms with Gasteiger partial charge in [-0.2, -0.15) is 0 Å². The third kappa shape index (κ3) is 4.75. The van der Waals surface area contributed by atoms with Crippen LogP contribution >= 0.6 is 0 Å². The summed E-state index contributed by atoms with van der Waals surface area (Å²) in [5, 5.41) is 5.84. The Balaban J connectivity index is 1.46. The van der Waals surface area contributed by atoms with Gasteiger partial charge in [0, 0.05) is 30.9 Å². The topological polar surface area (TPSA) is 79.9 Å². The lowest BCUT2D eigenvalue weighted by molar-refractivity contribution is -0.124. The third-order valence-electron chi connectivity index (χ3n) is 5.12. The summed E-state index contributed by atoms with van der Waals surface area (Å²) in [6.45, 7) is 3.54. The molecule has 0 spiro atoms. The zero-order valence-corrected chi connectivity index (χ0v) is 16.2. The highest BCUT2D eigenvalue weighted by Crippen LogP contribution is 2.27. The number of para-hydroxylation sites is 2. The normalized spacial score (nSPS) is 19.0. The number of hydrogen-bond acceptors (Lipinski definition) is 5. The van der Waals surface area contributed by atoms with Crippen LogP contribution < -0.4 is 15.5 Å². The van der Waals surface area contributed by atoms with Crippen molar-refractivity contribution in [3.05, 3.63) is 54.1 Å². The molecule has 0 radical (unpaired) electrons. The fourth-order valence-electron chi connectivity index (χ4n) is 3.60. The van der Waals surface area contributed by atoms with Gasteiger partial charge in [-0.15, -0.1) is 0 Å². The molecule has 2 aromatic rings. The summed E-state index contributed by atoms with van der Waals surface area (Å²) in [5.74, 6) is -0.392. The van der Waals surface area contributed by atoms with Crippen molar-refractivity contribution in [2.75, 3.05) is 48.4 Å². The predicted molar refractivity (Wildman–Crippen MR) is 111 cm³/mol. The maximum absolute atomic E-state index is 12.9. The Kier molecular flexibility index (Phi) is 6.07. The van der Waals surface area contributed by atoms with Crippen molar-refractivity contribution in [2.24, 2.45) is 0 Å². The van der Waals surface area contributed by atoms with E-state index in [9.17, 15) is 9.59 Å². The summed E-state index contributed by atoms with van der Waals surface area (Å²) in [7, 11) is 0.